The smallest absolute Gasteiger partial charge is 0.290 e. The van der Waals surface area contributed by atoms with Crippen molar-refractivity contribution in [2.24, 2.45) is 0 Å². The Morgan fingerprint density at radius 2 is 1.78 bits per heavy atom. The Labute approximate surface area is 157 Å². The molecule has 138 valence electrons. The minimum Gasteiger partial charge on any atom is -0.327 e. The fourth-order valence-electron chi connectivity index (χ4n) is 3.43. The van der Waals surface area contributed by atoms with Crippen molar-refractivity contribution in [2.45, 2.75) is 32.2 Å². The van der Waals surface area contributed by atoms with Crippen LogP contribution in [0.25, 0.3) is 11.4 Å². The van der Waals surface area contributed by atoms with Crippen molar-refractivity contribution in [2.75, 3.05) is 5.43 Å². The molecule has 0 spiro atoms. The lowest BCUT2D eigenvalue weighted by Crippen LogP contribution is -2.30. The van der Waals surface area contributed by atoms with Crippen molar-refractivity contribution < 1.29 is 9.18 Å². The number of nitrogens with one attached hydrogen (secondary N) is 2. The summed E-state index contributed by atoms with van der Waals surface area (Å²) in [5.41, 5.74) is 8.55. The molecule has 1 aliphatic rings. The molecular formula is C21H21FN4O. The molecular weight excluding hydrogens is 343 g/mol. The predicted molar refractivity (Wildman–Crippen MR) is 103 cm³/mol. The average Bonchev–Trinajstić information content (AvgIpc) is 2.89. The first-order valence-corrected chi connectivity index (χ1v) is 9.19. The quantitative estimate of drug-likeness (QED) is 0.683. The van der Waals surface area contributed by atoms with E-state index in [1.807, 2.05) is 30.3 Å². The number of nitrogens with zero attached hydrogens (tertiary/aromatic N) is 2. The van der Waals surface area contributed by atoms with Gasteiger partial charge in [0.15, 0.2) is 5.69 Å². The highest BCUT2D eigenvalue weighted by Crippen LogP contribution is 2.27. The van der Waals surface area contributed by atoms with E-state index in [4.69, 9.17) is 0 Å². The normalized spacial score (nSPS) is 13.5. The van der Waals surface area contributed by atoms with E-state index in [0.717, 1.165) is 49.3 Å². The number of fused-ring (bicyclic) bond motifs is 1. The van der Waals surface area contributed by atoms with Gasteiger partial charge in [-0.15, -0.1) is 0 Å². The van der Waals surface area contributed by atoms with Crippen LogP contribution in [0.1, 0.15) is 35.4 Å². The molecule has 0 saturated heterocycles. The van der Waals surface area contributed by atoms with Crippen LogP contribution < -0.4 is 10.9 Å². The highest BCUT2D eigenvalue weighted by atomic mass is 19.1. The zero-order valence-corrected chi connectivity index (χ0v) is 14.9. The first kappa shape index (κ1) is 17.3. The van der Waals surface area contributed by atoms with Crippen molar-refractivity contribution in [3.63, 3.8) is 0 Å². The van der Waals surface area contributed by atoms with Crippen LogP contribution in [0, 0.1) is 5.82 Å². The van der Waals surface area contributed by atoms with Gasteiger partial charge in [0.05, 0.1) is 11.4 Å². The van der Waals surface area contributed by atoms with E-state index in [1.165, 1.54) is 12.1 Å². The van der Waals surface area contributed by atoms with E-state index in [1.54, 1.807) is 12.1 Å². The Morgan fingerprint density at radius 1 is 1.00 bits per heavy atom. The molecule has 2 N–H and O–H groups in total. The number of imidazole rings is 1. The third-order valence-corrected chi connectivity index (χ3v) is 4.78. The number of benzene rings is 2. The van der Waals surface area contributed by atoms with Gasteiger partial charge in [-0.25, -0.2) is 9.37 Å². The maximum atomic E-state index is 13.0. The molecule has 2 heterocycles. The molecule has 0 fully saturated rings. The van der Waals surface area contributed by atoms with Crippen LogP contribution in [-0.2, 0) is 13.0 Å². The van der Waals surface area contributed by atoms with Gasteiger partial charge in [-0.1, -0.05) is 36.8 Å². The molecule has 4 rings (SSSR count). The number of aromatic nitrogens is 2. The number of carbonyl (C=O) groups is 1. The second-order valence-corrected chi connectivity index (χ2v) is 6.65. The molecule has 3 aromatic rings. The number of carbonyl (C=O) groups excluding carboxylic acids is 1. The monoisotopic (exact) mass is 364 g/mol. The number of rotatable bonds is 4. The van der Waals surface area contributed by atoms with Gasteiger partial charge in [0, 0.05) is 12.1 Å². The molecule has 1 aromatic heterocycles. The van der Waals surface area contributed by atoms with Crippen molar-refractivity contribution in [1.29, 1.82) is 0 Å². The lowest BCUT2D eigenvalue weighted by Gasteiger charge is -2.10. The zero-order chi connectivity index (χ0) is 18.6. The van der Waals surface area contributed by atoms with Crippen molar-refractivity contribution in [3.8, 4) is 11.4 Å². The van der Waals surface area contributed by atoms with E-state index < -0.39 is 0 Å². The summed E-state index contributed by atoms with van der Waals surface area (Å²) in [5.74, 6) is 0.227. The van der Waals surface area contributed by atoms with E-state index in [0.29, 0.717) is 11.4 Å². The van der Waals surface area contributed by atoms with Gasteiger partial charge in [0.1, 0.15) is 11.6 Å². The molecule has 0 saturated carbocycles. The SMILES string of the molecule is O=C(NNc1ccc(F)cc1)c1nc(-c2ccccc2)n2c1CCCCC2. The summed E-state index contributed by atoms with van der Waals surface area (Å²) in [5, 5.41) is 0. The van der Waals surface area contributed by atoms with Crippen molar-refractivity contribution in [3.05, 3.63) is 71.8 Å². The number of hydrazine groups is 1. The number of halogens is 1. The van der Waals surface area contributed by atoms with Crippen LogP contribution in [0.5, 0.6) is 0 Å². The second kappa shape index (κ2) is 7.61. The Bertz CT molecular complexity index is 935. The van der Waals surface area contributed by atoms with E-state index in [9.17, 15) is 9.18 Å². The minimum atomic E-state index is -0.321. The molecule has 2 aromatic carbocycles. The number of anilines is 1. The molecule has 0 unspecified atom stereocenters. The third kappa shape index (κ3) is 3.69. The highest BCUT2D eigenvalue weighted by Gasteiger charge is 2.24. The van der Waals surface area contributed by atoms with Gasteiger partial charge < -0.3 is 4.57 Å². The first-order valence-electron chi connectivity index (χ1n) is 9.19. The number of hydrogen-bond acceptors (Lipinski definition) is 3. The van der Waals surface area contributed by atoms with Gasteiger partial charge in [0.2, 0.25) is 0 Å². The maximum absolute atomic E-state index is 13.0. The fourth-order valence-corrected chi connectivity index (χ4v) is 3.43. The summed E-state index contributed by atoms with van der Waals surface area (Å²) in [6.07, 6.45) is 4.10. The standard InChI is InChI=1S/C21H21FN4O/c22-16-10-12-17(13-11-16)24-25-21(27)19-18-9-5-2-6-14-26(18)20(23-19)15-7-3-1-4-8-15/h1,3-4,7-8,10-13,24H,2,5-6,9,14H2,(H,25,27). The van der Waals surface area contributed by atoms with Gasteiger partial charge >= 0.3 is 0 Å². The largest absolute Gasteiger partial charge is 0.327 e. The second-order valence-electron chi connectivity index (χ2n) is 6.65. The topological polar surface area (TPSA) is 59.0 Å². The predicted octanol–water partition coefficient (Wildman–Crippen LogP) is 4.17. The minimum absolute atomic E-state index is 0.285. The summed E-state index contributed by atoms with van der Waals surface area (Å²) >= 11 is 0. The van der Waals surface area contributed by atoms with Gasteiger partial charge in [-0.2, -0.15) is 0 Å². The molecule has 0 aliphatic carbocycles. The Hall–Kier alpha value is -3.15. The Balaban J connectivity index is 1.62. The van der Waals surface area contributed by atoms with Gasteiger partial charge in [-0.05, 0) is 43.5 Å². The molecule has 1 amide bonds. The van der Waals surface area contributed by atoms with Gasteiger partial charge in [0.25, 0.3) is 5.91 Å². The average molecular weight is 364 g/mol. The van der Waals surface area contributed by atoms with Crippen molar-refractivity contribution >= 4 is 11.6 Å². The summed E-state index contributed by atoms with van der Waals surface area (Å²) in [7, 11) is 0. The molecule has 0 atom stereocenters. The fraction of sp³-hybridized carbons (Fsp3) is 0.238. The van der Waals surface area contributed by atoms with E-state index in [2.05, 4.69) is 20.4 Å². The molecule has 1 aliphatic heterocycles. The lowest BCUT2D eigenvalue weighted by molar-refractivity contribution is 0.0957. The third-order valence-electron chi connectivity index (χ3n) is 4.78. The Morgan fingerprint density at radius 3 is 2.56 bits per heavy atom. The summed E-state index contributed by atoms with van der Waals surface area (Å²) in [6, 6.07) is 15.8. The number of hydrogen-bond donors (Lipinski definition) is 2. The summed E-state index contributed by atoms with van der Waals surface area (Å²) < 4.78 is 15.2. The molecule has 5 nitrogen and oxygen atoms in total. The summed E-state index contributed by atoms with van der Waals surface area (Å²) in [4.78, 5) is 17.5. The van der Waals surface area contributed by atoms with E-state index in [-0.39, 0.29) is 11.7 Å². The lowest BCUT2D eigenvalue weighted by atomic mass is 10.1. The van der Waals surface area contributed by atoms with Crippen molar-refractivity contribution in [1.82, 2.24) is 15.0 Å². The first-order chi connectivity index (χ1) is 13.2. The molecule has 6 heteroatoms. The highest BCUT2D eigenvalue weighted by molar-refractivity contribution is 5.95. The van der Waals surface area contributed by atoms with Crippen LogP contribution >= 0.6 is 0 Å². The number of amides is 1. The van der Waals surface area contributed by atoms with E-state index >= 15 is 0 Å². The van der Waals surface area contributed by atoms with Crippen LogP contribution in [0.2, 0.25) is 0 Å². The van der Waals surface area contributed by atoms with Crippen LogP contribution in [0.15, 0.2) is 54.6 Å². The zero-order valence-electron chi connectivity index (χ0n) is 14.9. The molecule has 27 heavy (non-hydrogen) atoms. The maximum Gasteiger partial charge on any atom is 0.290 e. The molecule has 0 bridgehead atoms. The molecule has 0 radical (unpaired) electrons. The Kier molecular flexibility index (Phi) is 4.87. The van der Waals surface area contributed by atoms with Gasteiger partial charge in [-0.3, -0.25) is 15.6 Å². The van der Waals surface area contributed by atoms with Crippen LogP contribution in [-0.4, -0.2) is 15.5 Å². The van der Waals surface area contributed by atoms with Crippen LogP contribution in [0.3, 0.4) is 0 Å². The van der Waals surface area contributed by atoms with Crippen LogP contribution in [0.4, 0.5) is 10.1 Å². The summed E-state index contributed by atoms with van der Waals surface area (Å²) in [6.45, 7) is 0.866.